The Morgan fingerprint density at radius 2 is 2.00 bits per heavy atom. The van der Waals surface area contributed by atoms with E-state index in [1.54, 1.807) is 11.8 Å². The van der Waals surface area contributed by atoms with Gasteiger partial charge in [-0.15, -0.1) is 11.8 Å². The molecule has 3 rings (SSSR count). The predicted octanol–water partition coefficient (Wildman–Crippen LogP) is 3.41. The molecule has 0 radical (unpaired) electrons. The molecule has 1 saturated heterocycles. The second-order valence-corrected chi connectivity index (χ2v) is 7.74. The van der Waals surface area contributed by atoms with Crippen molar-refractivity contribution >= 4 is 23.4 Å². The van der Waals surface area contributed by atoms with Gasteiger partial charge in [-0.1, -0.05) is 36.4 Å². The van der Waals surface area contributed by atoms with Gasteiger partial charge in [-0.25, -0.2) is 0 Å². The zero-order valence-electron chi connectivity index (χ0n) is 15.4. The van der Waals surface area contributed by atoms with E-state index in [9.17, 15) is 4.79 Å². The molecule has 5 heteroatoms. The third kappa shape index (κ3) is 4.29. The normalized spacial score (nSPS) is 21.5. The maximum Gasteiger partial charge on any atom is 0.241 e. The summed E-state index contributed by atoms with van der Waals surface area (Å²) < 4.78 is 0. The van der Waals surface area contributed by atoms with Crippen molar-refractivity contribution in [3.05, 3.63) is 60.2 Å². The molecule has 1 amide bonds. The lowest BCUT2D eigenvalue weighted by Gasteiger charge is -2.23. The number of likely N-dealkylation sites (tertiary alicyclic amines) is 1. The van der Waals surface area contributed by atoms with Crippen LogP contribution in [0.4, 0.5) is 5.69 Å². The Kier molecular flexibility index (Phi) is 6.35. The van der Waals surface area contributed by atoms with Crippen molar-refractivity contribution in [3.8, 4) is 0 Å². The third-order valence-corrected chi connectivity index (χ3v) is 5.99. The summed E-state index contributed by atoms with van der Waals surface area (Å²) in [5.41, 5.74) is 8.19. The van der Waals surface area contributed by atoms with Crippen molar-refractivity contribution in [1.29, 1.82) is 0 Å². The average molecular weight is 370 g/mol. The molecule has 1 aliphatic rings. The number of carbonyl (C=O) groups is 1. The number of rotatable bonds is 6. The summed E-state index contributed by atoms with van der Waals surface area (Å²) in [5, 5.41) is 3.06. The highest BCUT2D eigenvalue weighted by Crippen LogP contribution is 2.33. The summed E-state index contributed by atoms with van der Waals surface area (Å²) in [6.45, 7) is 4.34. The van der Waals surface area contributed by atoms with Crippen molar-refractivity contribution in [2.24, 2.45) is 11.7 Å². The van der Waals surface area contributed by atoms with E-state index in [2.05, 4.69) is 34.5 Å². The van der Waals surface area contributed by atoms with E-state index in [1.165, 1.54) is 5.56 Å². The number of anilines is 1. The summed E-state index contributed by atoms with van der Waals surface area (Å²) in [7, 11) is 0. The molecule has 0 bridgehead atoms. The number of benzene rings is 2. The van der Waals surface area contributed by atoms with Crippen LogP contribution in [0.15, 0.2) is 59.5 Å². The molecule has 3 atom stereocenters. The minimum absolute atomic E-state index is 0.0349. The highest BCUT2D eigenvalue weighted by atomic mass is 32.2. The molecule has 0 aromatic heterocycles. The summed E-state index contributed by atoms with van der Waals surface area (Å²) in [5.74, 6) is 0.802. The van der Waals surface area contributed by atoms with Gasteiger partial charge in [0.2, 0.25) is 5.91 Å². The lowest BCUT2D eigenvalue weighted by molar-refractivity contribution is -0.120. The van der Waals surface area contributed by atoms with E-state index in [-0.39, 0.29) is 11.9 Å². The molecule has 4 nitrogen and oxygen atoms in total. The lowest BCUT2D eigenvalue weighted by Crippen LogP contribution is -2.41. The largest absolute Gasteiger partial charge is 0.330 e. The lowest BCUT2D eigenvalue weighted by atomic mass is 9.89. The molecule has 2 aromatic rings. The molecule has 1 heterocycles. The van der Waals surface area contributed by atoms with Crippen LogP contribution in [0.25, 0.3) is 0 Å². The van der Waals surface area contributed by atoms with E-state index in [0.717, 1.165) is 23.7 Å². The van der Waals surface area contributed by atoms with E-state index < -0.39 is 0 Å². The molecule has 3 N–H and O–H groups in total. The monoisotopic (exact) mass is 369 g/mol. The Balaban J connectivity index is 1.67. The van der Waals surface area contributed by atoms with Crippen LogP contribution in [-0.2, 0) is 4.79 Å². The van der Waals surface area contributed by atoms with E-state index in [1.807, 2.05) is 43.5 Å². The molecular formula is C21H27N3OS. The van der Waals surface area contributed by atoms with E-state index in [4.69, 9.17) is 5.73 Å². The highest BCUT2D eigenvalue weighted by Gasteiger charge is 2.36. The first kappa shape index (κ1) is 19.0. The van der Waals surface area contributed by atoms with Gasteiger partial charge in [0.25, 0.3) is 0 Å². The number of thioether (sulfide) groups is 1. The number of amides is 1. The maximum absolute atomic E-state index is 12.7. The highest BCUT2D eigenvalue weighted by molar-refractivity contribution is 7.98. The molecular weight excluding hydrogens is 342 g/mol. The van der Waals surface area contributed by atoms with Crippen LogP contribution in [0.3, 0.4) is 0 Å². The summed E-state index contributed by atoms with van der Waals surface area (Å²) in [4.78, 5) is 16.1. The van der Waals surface area contributed by atoms with Crippen LogP contribution in [-0.4, -0.2) is 42.7 Å². The topological polar surface area (TPSA) is 58.4 Å². The van der Waals surface area contributed by atoms with Crippen LogP contribution in [0, 0.1) is 5.92 Å². The fourth-order valence-electron chi connectivity index (χ4n) is 3.65. The first-order valence-electron chi connectivity index (χ1n) is 9.06. The van der Waals surface area contributed by atoms with E-state index in [0.29, 0.717) is 18.4 Å². The number of nitrogens with two attached hydrogens (primary N) is 1. The summed E-state index contributed by atoms with van der Waals surface area (Å²) >= 11 is 1.67. The minimum Gasteiger partial charge on any atom is -0.330 e. The fraction of sp³-hybridized carbons (Fsp3) is 0.381. The van der Waals surface area contributed by atoms with Crippen LogP contribution in [0.5, 0.6) is 0 Å². The standard InChI is InChI=1S/C21H27N3OS/c1-15(21(25)23-18-9-6-10-19(11-18)26-2)24-13-17(12-22)20(14-24)16-7-4-3-5-8-16/h3-11,15,17,20H,12-14,22H2,1-2H3,(H,23,25)/t15?,17-,20+/m1/s1. The minimum atomic E-state index is -0.185. The van der Waals surface area contributed by atoms with Crippen molar-refractivity contribution in [3.63, 3.8) is 0 Å². The Morgan fingerprint density at radius 3 is 2.69 bits per heavy atom. The third-order valence-electron chi connectivity index (χ3n) is 5.26. The van der Waals surface area contributed by atoms with Crippen molar-refractivity contribution in [2.75, 3.05) is 31.2 Å². The van der Waals surface area contributed by atoms with Gasteiger partial charge < -0.3 is 11.1 Å². The Bertz CT molecular complexity index is 737. The molecule has 1 fully saturated rings. The zero-order valence-corrected chi connectivity index (χ0v) is 16.2. The maximum atomic E-state index is 12.7. The van der Waals surface area contributed by atoms with Gasteiger partial charge in [0.1, 0.15) is 0 Å². The number of hydrogen-bond donors (Lipinski definition) is 2. The molecule has 1 unspecified atom stereocenters. The molecule has 0 saturated carbocycles. The fourth-order valence-corrected chi connectivity index (χ4v) is 4.11. The van der Waals surface area contributed by atoms with Crippen LogP contribution in [0.1, 0.15) is 18.4 Å². The summed E-state index contributed by atoms with van der Waals surface area (Å²) in [6, 6.07) is 18.3. The number of hydrogen-bond acceptors (Lipinski definition) is 4. The number of nitrogens with zero attached hydrogens (tertiary/aromatic N) is 1. The van der Waals surface area contributed by atoms with Crippen molar-refractivity contribution in [1.82, 2.24) is 4.90 Å². The Labute approximate surface area is 160 Å². The average Bonchev–Trinajstić information content (AvgIpc) is 3.12. The first-order valence-corrected chi connectivity index (χ1v) is 10.3. The molecule has 1 aliphatic heterocycles. The van der Waals surface area contributed by atoms with E-state index >= 15 is 0 Å². The Morgan fingerprint density at radius 1 is 1.23 bits per heavy atom. The van der Waals surface area contributed by atoms with Gasteiger partial charge in [-0.3, -0.25) is 9.69 Å². The van der Waals surface area contributed by atoms with Gasteiger partial charge >= 0.3 is 0 Å². The van der Waals surface area contributed by atoms with Gasteiger partial charge in [-0.05, 0) is 49.4 Å². The van der Waals surface area contributed by atoms with Crippen molar-refractivity contribution < 1.29 is 4.79 Å². The second kappa shape index (κ2) is 8.71. The SMILES string of the molecule is CSc1cccc(NC(=O)C(C)N2C[C@@H](CN)[C@H](c3ccccc3)C2)c1. The zero-order chi connectivity index (χ0) is 18.5. The van der Waals surface area contributed by atoms with Crippen LogP contribution < -0.4 is 11.1 Å². The van der Waals surface area contributed by atoms with Crippen molar-refractivity contribution in [2.45, 2.75) is 23.8 Å². The van der Waals surface area contributed by atoms with Crippen LogP contribution in [0.2, 0.25) is 0 Å². The Hall–Kier alpha value is -1.82. The van der Waals surface area contributed by atoms with Gasteiger partial charge in [0.15, 0.2) is 0 Å². The molecule has 26 heavy (non-hydrogen) atoms. The predicted molar refractivity (Wildman–Crippen MR) is 110 cm³/mol. The van der Waals surface area contributed by atoms with Gasteiger partial charge in [0.05, 0.1) is 6.04 Å². The molecule has 138 valence electrons. The smallest absolute Gasteiger partial charge is 0.241 e. The van der Waals surface area contributed by atoms with Gasteiger partial charge in [0, 0.05) is 29.6 Å². The molecule has 0 spiro atoms. The number of nitrogens with one attached hydrogen (secondary N) is 1. The second-order valence-electron chi connectivity index (χ2n) is 6.86. The summed E-state index contributed by atoms with van der Waals surface area (Å²) in [6.07, 6.45) is 2.03. The van der Waals surface area contributed by atoms with Crippen LogP contribution >= 0.6 is 11.8 Å². The molecule has 2 aromatic carbocycles. The van der Waals surface area contributed by atoms with Gasteiger partial charge in [-0.2, -0.15) is 0 Å². The number of carbonyl (C=O) groups excluding carboxylic acids is 1. The quantitative estimate of drug-likeness (QED) is 0.766. The first-order chi connectivity index (χ1) is 12.6. The molecule has 0 aliphatic carbocycles.